The topological polar surface area (TPSA) is 63.7 Å². The average molecular weight is 341 g/mol. The Balaban J connectivity index is 1.25. The smallest absolute Gasteiger partial charge is 0.309 e. The van der Waals surface area contributed by atoms with Gasteiger partial charge in [-0.3, -0.25) is 9.69 Å². The lowest BCUT2D eigenvalue weighted by atomic mass is 9.52. The fourth-order valence-electron chi connectivity index (χ4n) is 5.66. The van der Waals surface area contributed by atoms with Crippen molar-refractivity contribution < 1.29 is 17.9 Å². The maximum absolute atomic E-state index is 12.5. The van der Waals surface area contributed by atoms with Crippen molar-refractivity contribution >= 4 is 15.8 Å². The maximum Gasteiger partial charge on any atom is 0.309 e. The van der Waals surface area contributed by atoms with Crippen molar-refractivity contribution in [2.45, 2.75) is 32.1 Å². The summed E-state index contributed by atoms with van der Waals surface area (Å²) in [6, 6.07) is 0. The molecule has 0 amide bonds. The van der Waals surface area contributed by atoms with E-state index in [-0.39, 0.29) is 23.4 Å². The van der Waals surface area contributed by atoms with Gasteiger partial charge in [-0.25, -0.2) is 8.42 Å². The summed E-state index contributed by atoms with van der Waals surface area (Å²) in [5, 5.41) is 0. The van der Waals surface area contributed by atoms with Crippen LogP contribution in [0.25, 0.3) is 0 Å². The highest BCUT2D eigenvalue weighted by molar-refractivity contribution is 7.91. The monoisotopic (exact) mass is 341 g/mol. The largest absolute Gasteiger partial charge is 0.464 e. The summed E-state index contributed by atoms with van der Waals surface area (Å²) in [5.74, 6) is 3.51. The summed E-state index contributed by atoms with van der Waals surface area (Å²) >= 11 is 0. The Morgan fingerprint density at radius 1 is 0.957 bits per heavy atom. The Kier molecular flexibility index (Phi) is 4.16. The van der Waals surface area contributed by atoms with Gasteiger partial charge in [-0.1, -0.05) is 0 Å². The fourth-order valence-corrected chi connectivity index (χ4v) is 6.93. The molecule has 0 aromatic heterocycles. The van der Waals surface area contributed by atoms with Crippen LogP contribution >= 0.6 is 0 Å². The van der Waals surface area contributed by atoms with Gasteiger partial charge in [0.25, 0.3) is 0 Å². The highest BCUT2D eigenvalue weighted by Crippen LogP contribution is 2.56. The van der Waals surface area contributed by atoms with E-state index in [1.54, 1.807) is 0 Å². The molecule has 4 aliphatic carbocycles. The van der Waals surface area contributed by atoms with Crippen LogP contribution in [0.1, 0.15) is 32.1 Å². The maximum atomic E-state index is 12.5. The molecule has 130 valence electrons. The molecule has 5 nitrogen and oxygen atoms in total. The minimum atomic E-state index is -2.84. The molecule has 4 bridgehead atoms. The van der Waals surface area contributed by atoms with Crippen LogP contribution in [0.2, 0.25) is 0 Å². The van der Waals surface area contributed by atoms with Gasteiger partial charge in [-0.2, -0.15) is 0 Å². The van der Waals surface area contributed by atoms with Crippen LogP contribution in [0.3, 0.4) is 0 Å². The summed E-state index contributed by atoms with van der Waals surface area (Å²) in [6.45, 7) is 2.20. The van der Waals surface area contributed by atoms with Gasteiger partial charge < -0.3 is 4.74 Å². The molecule has 0 aromatic rings. The summed E-state index contributed by atoms with van der Waals surface area (Å²) in [7, 11) is -2.84. The zero-order valence-electron chi connectivity index (χ0n) is 13.7. The van der Waals surface area contributed by atoms with E-state index in [4.69, 9.17) is 4.74 Å². The van der Waals surface area contributed by atoms with E-state index in [1.807, 2.05) is 0 Å². The molecule has 0 unspecified atom stereocenters. The van der Waals surface area contributed by atoms with Crippen molar-refractivity contribution in [3.8, 4) is 0 Å². The number of ether oxygens (including phenoxy) is 1. The number of hydrogen-bond acceptors (Lipinski definition) is 5. The summed E-state index contributed by atoms with van der Waals surface area (Å²) in [6.07, 6.45) is 6.33. The van der Waals surface area contributed by atoms with Gasteiger partial charge in [-0.15, -0.1) is 0 Å². The Morgan fingerprint density at radius 3 is 2.09 bits per heavy atom. The molecule has 0 atom stereocenters. The molecular weight excluding hydrogens is 314 g/mol. The van der Waals surface area contributed by atoms with Gasteiger partial charge in [0, 0.05) is 19.6 Å². The Morgan fingerprint density at radius 2 is 1.52 bits per heavy atom. The summed E-state index contributed by atoms with van der Waals surface area (Å²) in [4.78, 5) is 14.6. The van der Waals surface area contributed by atoms with E-state index in [9.17, 15) is 13.2 Å². The minimum Gasteiger partial charge on any atom is -0.464 e. The van der Waals surface area contributed by atoms with E-state index in [1.165, 1.54) is 32.1 Å². The molecular formula is C17H27NO4S. The molecule has 6 heteroatoms. The molecule has 5 aliphatic rings. The van der Waals surface area contributed by atoms with Crippen LogP contribution in [0.4, 0.5) is 0 Å². The van der Waals surface area contributed by atoms with Gasteiger partial charge in [-0.05, 0) is 55.8 Å². The molecule has 5 rings (SSSR count). The standard InChI is InChI=1S/C17H27NO4S/c19-17(22-4-1-18-2-5-23(20,21)6-3-18)16-14-8-12-7-13(10-14)11-15(16)9-12/h12-16H,1-11H2. The second-order valence-corrected chi connectivity index (χ2v) is 10.4. The molecule has 1 saturated heterocycles. The van der Waals surface area contributed by atoms with Crippen molar-refractivity contribution in [1.29, 1.82) is 0 Å². The Hall–Kier alpha value is -0.620. The first-order valence-electron chi connectivity index (χ1n) is 9.09. The summed E-state index contributed by atoms with van der Waals surface area (Å²) in [5.41, 5.74) is 0. The number of rotatable bonds is 4. The second-order valence-electron chi connectivity index (χ2n) is 8.12. The van der Waals surface area contributed by atoms with Crippen LogP contribution < -0.4 is 0 Å². The van der Waals surface area contributed by atoms with Crippen LogP contribution in [0, 0.1) is 29.6 Å². The number of carbonyl (C=O) groups is 1. The zero-order valence-corrected chi connectivity index (χ0v) is 14.5. The van der Waals surface area contributed by atoms with Gasteiger partial charge in [0.2, 0.25) is 0 Å². The predicted molar refractivity (Wildman–Crippen MR) is 86.6 cm³/mol. The zero-order chi connectivity index (χ0) is 16.0. The van der Waals surface area contributed by atoms with Crippen LogP contribution in [0.5, 0.6) is 0 Å². The third-order valence-electron chi connectivity index (χ3n) is 6.59. The first kappa shape index (κ1) is 15.9. The first-order valence-corrected chi connectivity index (χ1v) is 10.9. The molecule has 0 aromatic carbocycles. The van der Waals surface area contributed by atoms with Crippen LogP contribution in [-0.4, -0.2) is 57.0 Å². The molecule has 0 radical (unpaired) electrons. The number of carbonyl (C=O) groups excluding carboxylic acids is 1. The number of nitrogens with zero attached hydrogens (tertiary/aromatic N) is 1. The third-order valence-corrected chi connectivity index (χ3v) is 8.20. The molecule has 23 heavy (non-hydrogen) atoms. The summed E-state index contributed by atoms with van der Waals surface area (Å²) < 4.78 is 28.4. The normalized spacial score (nSPS) is 41.8. The number of hydrogen-bond donors (Lipinski definition) is 0. The fraction of sp³-hybridized carbons (Fsp3) is 0.941. The van der Waals surface area contributed by atoms with Crippen molar-refractivity contribution in [2.24, 2.45) is 29.6 Å². The van der Waals surface area contributed by atoms with Gasteiger partial charge in [0.15, 0.2) is 9.84 Å². The van der Waals surface area contributed by atoms with E-state index in [0.717, 1.165) is 11.8 Å². The van der Waals surface area contributed by atoms with Crippen molar-refractivity contribution in [3.63, 3.8) is 0 Å². The minimum absolute atomic E-state index is 0.0171. The van der Waals surface area contributed by atoms with Gasteiger partial charge in [0.05, 0.1) is 17.4 Å². The molecule has 0 spiro atoms. The Bertz CT molecular complexity index is 531. The second kappa shape index (κ2) is 6.03. The quantitative estimate of drug-likeness (QED) is 0.722. The number of esters is 1. The highest BCUT2D eigenvalue weighted by Gasteiger charge is 2.51. The molecule has 1 heterocycles. The lowest BCUT2D eigenvalue weighted by Crippen LogP contribution is -2.48. The van der Waals surface area contributed by atoms with E-state index >= 15 is 0 Å². The molecule has 5 fully saturated rings. The molecule has 0 N–H and O–H groups in total. The van der Waals surface area contributed by atoms with E-state index in [2.05, 4.69) is 4.90 Å². The predicted octanol–water partition coefficient (Wildman–Crippen LogP) is 1.33. The van der Waals surface area contributed by atoms with Crippen molar-refractivity contribution in [1.82, 2.24) is 4.90 Å². The molecule has 4 saturated carbocycles. The number of sulfone groups is 1. The third kappa shape index (κ3) is 3.29. The average Bonchev–Trinajstić information content (AvgIpc) is 2.48. The highest BCUT2D eigenvalue weighted by atomic mass is 32.2. The van der Waals surface area contributed by atoms with Gasteiger partial charge >= 0.3 is 5.97 Å². The Labute approximate surface area is 138 Å². The van der Waals surface area contributed by atoms with Crippen molar-refractivity contribution in [2.75, 3.05) is 37.7 Å². The van der Waals surface area contributed by atoms with Crippen LogP contribution in [-0.2, 0) is 19.4 Å². The first-order chi connectivity index (χ1) is 11.0. The van der Waals surface area contributed by atoms with Gasteiger partial charge in [0.1, 0.15) is 6.61 Å². The molecule has 1 aliphatic heterocycles. The van der Waals surface area contributed by atoms with E-state index in [0.29, 0.717) is 38.1 Å². The van der Waals surface area contributed by atoms with E-state index < -0.39 is 9.84 Å². The lowest BCUT2D eigenvalue weighted by molar-refractivity contribution is -0.162. The van der Waals surface area contributed by atoms with Crippen molar-refractivity contribution in [3.05, 3.63) is 0 Å². The lowest BCUT2D eigenvalue weighted by Gasteiger charge is -2.53. The van der Waals surface area contributed by atoms with Crippen LogP contribution in [0.15, 0.2) is 0 Å². The SMILES string of the molecule is O=C(OCCN1CCS(=O)(=O)CC1)C1C2CC3CC(C2)CC1C3.